The van der Waals surface area contributed by atoms with Crippen LogP contribution in [0.15, 0.2) is 498 Å². The van der Waals surface area contributed by atoms with Crippen molar-refractivity contribution < 1.29 is 0 Å². The lowest BCUT2D eigenvalue weighted by molar-refractivity contribution is 1.16. The van der Waals surface area contributed by atoms with Gasteiger partial charge in [0.15, 0.2) is 0 Å². The van der Waals surface area contributed by atoms with Crippen LogP contribution in [-0.2, 0) is 0 Å². The van der Waals surface area contributed by atoms with Gasteiger partial charge in [-0.1, -0.05) is 340 Å². The highest BCUT2D eigenvalue weighted by Crippen LogP contribution is 2.54. The Labute approximate surface area is 834 Å². The van der Waals surface area contributed by atoms with Gasteiger partial charge in [0.05, 0.1) is 89.0 Å². The molecule has 10 aromatic heterocycles. The van der Waals surface area contributed by atoms with Crippen LogP contribution in [0, 0.1) is 0 Å². The largest absolute Gasteiger partial charge is 0.308 e. The van der Waals surface area contributed by atoms with Gasteiger partial charge in [-0.3, -0.25) is 15.0 Å². The minimum Gasteiger partial charge on any atom is -0.308 e. The summed E-state index contributed by atoms with van der Waals surface area (Å²) in [5, 5.41) is 39.9. The monoisotopic (exact) mass is 1850 g/mol. The minimum absolute atomic E-state index is 0.936. The molecular weight excluding hydrogens is 1770 g/mol. The van der Waals surface area contributed by atoms with E-state index in [-0.39, 0.29) is 0 Å². The fourth-order valence-electron chi connectivity index (χ4n) is 25.2. The quantitative estimate of drug-likeness (QED) is 0.112. The number of hydrogen-bond acceptors (Lipinski definition) is 4. The summed E-state index contributed by atoms with van der Waals surface area (Å²) >= 11 is 0. The van der Waals surface area contributed by atoms with Crippen molar-refractivity contribution >= 4 is 239 Å². The molecule has 0 aliphatic rings. The number of benzene rings is 23. The summed E-state index contributed by atoms with van der Waals surface area (Å²) in [6.45, 7) is 0. The standard InChI is InChI=1S/C47H27N3.C45H27N3.C44H28N4/c1-2-13-29(14-3-1)49-39-21-6-5-16-37(39)45-46(49)38-27-48-26-25-34(38)44-36-15-4-7-22-40(36)50(47(44)45)41-24-23-33-31-18-9-12-28-11-8-17-30(42(28)31)32-19-10-20-35(41)43(32)33;1-2-12-28(13-3-1)47-41-21-11-9-19-37(41)43-44(47)39-27-46-25-24-35(39)42-36-18-8-10-20-40(36)48(45(42)43)29-22-23-34-32-16-5-4-14-30(32)31-15-6-7-17-33(31)38(34)26-29;1-4-14-29(15-5-1)37-26-32(27-38(46-37)30-16-6-2-7-17-30)48-39-22-12-10-20-34(39)41-33-24-25-45-28-36(33)43-42(44(41)48)35-21-11-13-23-40(35)47(43)31-18-8-3-9-19-31/h1-27H;1-27H;1-28H. The summed E-state index contributed by atoms with van der Waals surface area (Å²) in [6.07, 6.45) is 11.9. The molecule has 0 spiro atoms. The van der Waals surface area contributed by atoms with E-state index in [1.807, 2.05) is 24.8 Å². The molecule has 0 aliphatic heterocycles. The van der Waals surface area contributed by atoms with Crippen molar-refractivity contribution in [2.24, 2.45) is 0 Å². The third-order valence-electron chi connectivity index (χ3n) is 31.0. The van der Waals surface area contributed by atoms with Crippen molar-refractivity contribution in [1.82, 2.24) is 47.3 Å². The summed E-state index contributed by atoms with van der Waals surface area (Å²) in [5.74, 6) is 0. The molecule has 0 saturated carbocycles. The topological polar surface area (TPSA) is 81.1 Å². The molecule has 33 aromatic rings. The average Bonchev–Trinajstić information content (AvgIpc) is 1.53. The van der Waals surface area contributed by atoms with Crippen LogP contribution in [0.25, 0.3) is 295 Å². The van der Waals surface area contributed by atoms with Gasteiger partial charge in [0.25, 0.3) is 0 Å². The molecule has 0 aliphatic carbocycles. The molecule has 10 nitrogen and oxygen atoms in total. The Hall–Kier alpha value is -19.7. The van der Waals surface area contributed by atoms with Crippen LogP contribution in [0.4, 0.5) is 0 Å². The molecule has 0 radical (unpaired) electrons. The molecule has 23 aromatic carbocycles. The van der Waals surface area contributed by atoms with Crippen LogP contribution in [0.3, 0.4) is 0 Å². The van der Waals surface area contributed by atoms with E-state index in [4.69, 9.17) is 9.97 Å². The highest BCUT2D eigenvalue weighted by Gasteiger charge is 2.32. The highest BCUT2D eigenvalue weighted by molar-refractivity contribution is 6.42. The summed E-state index contributed by atoms with van der Waals surface area (Å²) < 4.78 is 14.8. The molecule has 0 fully saturated rings. The van der Waals surface area contributed by atoms with Crippen LogP contribution in [-0.4, -0.2) is 47.3 Å². The fraction of sp³-hybridized carbons (Fsp3) is 0. The maximum atomic E-state index is 5.22. The second kappa shape index (κ2) is 31.9. The van der Waals surface area contributed by atoms with Crippen molar-refractivity contribution in [3.05, 3.63) is 498 Å². The minimum atomic E-state index is 0.936. The Bertz CT molecular complexity index is 11200. The summed E-state index contributed by atoms with van der Waals surface area (Å²) in [6, 6.07) is 167. The van der Waals surface area contributed by atoms with E-state index in [0.717, 1.165) is 83.7 Å². The second-order valence-corrected chi connectivity index (χ2v) is 38.4. The third-order valence-corrected chi connectivity index (χ3v) is 31.0. The molecule has 0 unspecified atom stereocenters. The Morgan fingerprint density at radius 3 is 0.815 bits per heavy atom. The van der Waals surface area contributed by atoms with Gasteiger partial charge >= 0.3 is 0 Å². The molecule has 0 amide bonds. The van der Waals surface area contributed by atoms with Crippen LogP contribution in [0.5, 0.6) is 0 Å². The van der Waals surface area contributed by atoms with Gasteiger partial charge in [0.1, 0.15) is 0 Å². The number of rotatable bonds is 8. The molecule has 146 heavy (non-hydrogen) atoms. The molecule has 33 rings (SSSR count). The molecular formula is C136H82N10. The van der Waals surface area contributed by atoms with Crippen LogP contribution >= 0.6 is 0 Å². The highest BCUT2D eigenvalue weighted by atomic mass is 15.1. The maximum Gasteiger partial charge on any atom is 0.0730 e. The number of para-hydroxylation sites is 9. The Balaban J connectivity index is 0.0000000995. The third kappa shape index (κ3) is 11.7. The van der Waals surface area contributed by atoms with Crippen LogP contribution in [0.2, 0.25) is 0 Å². The Morgan fingerprint density at radius 2 is 0.418 bits per heavy atom. The number of fused-ring (bicyclic) bond motifs is 38. The first-order valence-electron chi connectivity index (χ1n) is 50.0. The zero-order valence-electron chi connectivity index (χ0n) is 78.8. The van der Waals surface area contributed by atoms with Crippen molar-refractivity contribution in [2.75, 3.05) is 0 Å². The van der Waals surface area contributed by atoms with Gasteiger partial charge in [0.2, 0.25) is 0 Å². The first-order chi connectivity index (χ1) is 72.6. The van der Waals surface area contributed by atoms with Crippen molar-refractivity contribution in [2.45, 2.75) is 0 Å². The molecule has 0 saturated heterocycles. The van der Waals surface area contributed by atoms with Gasteiger partial charge in [-0.25, -0.2) is 4.98 Å². The van der Waals surface area contributed by atoms with E-state index >= 15 is 0 Å². The first kappa shape index (κ1) is 81.2. The van der Waals surface area contributed by atoms with Crippen molar-refractivity contribution in [3.8, 4) is 56.6 Å². The van der Waals surface area contributed by atoms with Gasteiger partial charge < -0.3 is 27.4 Å². The van der Waals surface area contributed by atoms with E-state index in [1.54, 1.807) is 0 Å². The lowest BCUT2D eigenvalue weighted by Crippen LogP contribution is -1.99. The summed E-state index contributed by atoms with van der Waals surface area (Å²) in [7, 11) is 0. The number of hydrogen-bond donors (Lipinski definition) is 0. The zero-order valence-corrected chi connectivity index (χ0v) is 78.8. The molecule has 0 bridgehead atoms. The van der Waals surface area contributed by atoms with Crippen molar-refractivity contribution in [1.29, 1.82) is 0 Å². The number of nitrogens with zero attached hydrogens (tertiary/aromatic N) is 10. The summed E-state index contributed by atoms with van der Waals surface area (Å²) in [4.78, 5) is 19.3. The second-order valence-electron chi connectivity index (χ2n) is 38.4. The Kier molecular flexibility index (Phi) is 17.8. The van der Waals surface area contributed by atoms with E-state index < -0.39 is 0 Å². The van der Waals surface area contributed by atoms with E-state index in [9.17, 15) is 0 Å². The predicted octanol–water partition coefficient (Wildman–Crippen LogP) is 35.5. The number of pyridine rings is 4. The molecule has 10 heteroatoms. The molecule has 676 valence electrons. The van der Waals surface area contributed by atoms with E-state index in [1.165, 1.54) is 212 Å². The number of aromatic nitrogens is 10. The average molecular weight is 1860 g/mol. The normalized spacial score (nSPS) is 12.1. The SMILES string of the molecule is c1ccc(-c2cc(-n3c4ccccc4c4c5ccncc5c5c(c6ccccc6n5-c5ccccc5)c43)cc(-c3ccccc3)n2)cc1.c1ccc(-n2c3ccccc3c3c2c2cnccc2c2c4ccccc4n(-c4ccc5c6cccc7cccc(c8cccc4c85)c76)c23)cc1.c1ccc(-n2c3ccccc3c3c2c2cnccc2c2c4ccccc4n(-c4ccc5c6ccccc6c6ccccc6c5c4)c23)cc1. The molecule has 0 atom stereocenters. The van der Waals surface area contributed by atoms with Gasteiger partial charge in [0, 0.05) is 157 Å². The lowest BCUT2D eigenvalue weighted by atomic mass is 9.89. The predicted molar refractivity (Wildman–Crippen MR) is 614 cm³/mol. The van der Waals surface area contributed by atoms with Crippen LogP contribution < -0.4 is 0 Å². The lowest BCUT2D eigenvalue weighted by Gasteiger charge is -2.18. The molecule has 10 heterocycles. The zero-order chi connectivity index (χ0) is 95.5. The van der Waals surface area contributed by atoms with E-state index in [2.05, 4.69) is 511 Å². The van der Waals surface area contributed by atoms with Crippen LogP contribution in [0.1, 0.15) is 0 Å². The smallest absolute Gasteiger partial charge is 0.0730 e. The molecule has 0 N–H and O–H groups in total. The van der Waals surface area contributed by atoms with Gasteiger partial charge in [-0.2, -0.15) is 0 Å². The maximum absolute atomic E-state index is 5.22. The first-order valence-corrected chi connectivity index (χ1v) is 50.0. The Morgan fingerprint density at radius 1 is 0.144 bits per heavy atom. The van der Waals surface area contributed by atoms with Crippen molar-refractivity contribution in [3.63, 3.8) is 0 Å². The van der Waals surface area contributed by atoms with Gasteiger partial charge in [-0.15, -0.1) is 0 Å². The summed E-state index contributed by atoms with van der Waals surface area (Å²) in [5.41, 5.74) is 25.1. The van der Waals surface area contributed by atoms with Gasteiger partial charge in [-0.05, 0) is 208 Å². The van der Waals surface area contributed by atoms with E-state index in [0.29, 0.717) is 0 Å². The fourth-order valence-corrected chi connectivity index (χ4v) is 25.2.